The molecule has 2 aromatic heterocycles. The number of carbonyl (C=O) groups excluding carboxylic acids is 1. The molecule has 1 aliphatic rings. The van der Waals surface area contributed by atoms with Crippen LogP contribution in [0.2, 0.25) is 0 Å². The molecule has 0 radical (unpaired) electrons. The number of aromatic nitrogens is 4. The van der Waals surface area contributed by atoms with Crippen molar-refractivity contribution in [3.63, 3.8) is 0 Å². The molecule has 0 atom stereocenters. The molecular weight excluding hydrogens is 358 g/mol. The monoisotopic (exact) mass is 379 g/mol. The fourth-order valence-electron chi connectivity index (χ4n) is 2.78. The molecule has 7 heteroatoms. The van der Waals surface area contributed by atoms with Crippen LogP contribution in [0.3, 0.4) is 0 Å². The molecule has 6 nitrogen and oxygen atoms in total. The van der Waals surface area contributed by atoms with Crippen LogP contribution in [-0.2, 0) is 5.75 Å². The zero-order chi connectivity index (χ0) is 18.8. The van der Waals surface area contributed by atoms with Gasteiger partial charge in [-0.05, 0) is 49.9 Å². The molecule has 138 valence electrons. The van der Waals surface area contributed by atoms with Crippen LogP contribution < -0.4 is 5.32 Å². The van der Waals surface area contributed by atoms with Crippen molar-refractivity contribution in [3.05, 3.63) is 65.0 Å². The number of benzene rings is 1. The predicted octanol–water partition coefficient (Wildman–Crippen LogP) is 3.46. The van der Waals surface area contributed by atoms with Crippen molar-refractivity contribution in [2.45, 2.75) is 43.5 Å². The Balaban J connectivity index is 1.45. The summed E-state index contributed by atoms with van der Waals surface area (Å²) in [7, 11) is 0. The molecule has 1 amide bonds. The van der Waals surface area contributed by atoms with Crippen molar-refractivity contribution < 1.29 is 4.79 Å². The lowest BCUT2D eigenvalue weighted by Gasteiger charge is -2.06. The van der Waals surface area contributed by atoms with Crippen molar-refractivity contribution in [1.29, 1.82) is 0 Å². The maximum Gasteiger partial charge on any atom is 0.254 e. The molecule has 1 aromatic carbocycles. The molecule has 0 saturated heterocycles. The van der Waals surface area contributed by atoms with Crippen LogP contribution >= 0.6 is 11.8 Å². The van der Waals surface area contributed by atoms with Gasteiger partial charge in [0, 0.05) is 11.8 Å². The number of carbonyl (C=O) groups is 1. The zero-order valence-corrected chi connectivity index (χ0v) is 16.2. The van der Waals surface area contributed by atoms with Crippen LogP contribution in [0.5, 0.6) is 0 Å². The lowest BCUT2D eigenvalue weighted by molar-refractivity contribution is 0.0950. The number of rotatable bonds is 6. The van der Waals surface area contributed by atoms with Crippen molar-refractivity contribution in [2.24, 2.45) is 0 Å². The molecule has 4 rings (SSSR count). The standard InChI is InChI=1S/C20H21N5OS/c1-13-5-3-4-6-15(13)12-27-19-10-9-18(23-24-19)25-14(2)17(11-21-25)20(26)22-16-7-8-16/h3-6,9-11,16H,7-8,12H2,1-2H3,(H,22,26). The predicted molar refractivity (Wildman–Crippen MR) is 105 cm³/mol. The summed E-state index contributed by atoms with van der Waals surface area (Å²) in [5.41, 5.74) is 3.92. The van der Waals surface area contributed by atoms with Gasteiger partial charge in [-0.3, -0.25) is 4.79 Å². The molecule has 1 N–H and O–H groups in total. The summed E-state index contributed by atoms with van der Waals surface area (Å²) in [4.78, 5) is 12.3. The van der Waals surface area contributed by atoms with Gasteiger partial charge in [0.25, 0.3) is 5.91 Å². The molecule has 1 fully saturated rings. The topological polar surface area (TPSA) is 72.7 Å². The first-order valence-corrected chi connectivity index (χ1v) is 9.97. The average Bonchev–Trinajstić information content (AvgIpc) is 3.40. The summed E-state index contributed by atoms with van der Waals surface area (Å²) in [6.07, 6.45) is 3.72. The van der Waals surface area contributed by atoms with Gasteiger partial charge < -0.3 is 5.32 Å². The van der Waals surface area contributed by atoms with Gasteiger partial charge in [-0.25, -0.2) is 4.68 Å². The van der Waals surface area contributed by atoms with Crippen LogP contribution in [0.15, 0.2) is 47.6 Å². The SMILES string of the molecule is Cc1ccccc1CSc1ccc(-n2ncc(C(=O)NC3CC3)c2C)nn1. The zero-order valence-electron chi connectivity index (χ0n) is 15.3. The Bertz CT molecular complexity index is 963. The van der Waals surface area contributed by atoms with E-state index in [-0.39, 0.29) is 5.91 Å². The van der Waals surface area contributed by atoms with Crippen molar-refractivity contribution in [3.8, 4) is 5.82 Å². The molecule has 0 aliphatic heterocycles. The van der Waals surface area contributed by atoms with Crippen molar-refractivity contribution >= 4 is 17.7 Å². The Hall–Kier alpha value is -2.67. The van der Waals surface area contributed by atoms with Gasteiger partial charge in [-0.1, -0.05) is 36.0 Å². The molecule has 0 bridgehead atoms. The van der Waals surface area contributed by atoms with Crippen LogP contribution in [0.1, 0.15) is 40.0 Å². The highest BCUT2D eigenvalue weighted by molar-refractivity contribution is 7.98. The third-order valence-electron chi connectivity index (χ3n) is 4.65. The molecule has 0 unspecified atom stereocenters. The van der Waals surface area contributed by atoms with Crippen LogP contribution in [-0.4, -0.2) is 31.9 Å². The van der Waals surface area contributed by atoms with E-state index in [1.54, 1.807) is 22.6 Å². The van der Waals surface area contributed by atoms with E-state index >= 15 is 0 Å². The quantitative estimate of drug-likeness (QED) is 0.664. The van der Waals surface area contributed by atoms with E-state index in [2.05, 4.69) is 45.7 Å². The maximum atomic E-state index is 12.3. The number of nitrogens with zero attached hydrogens (tertiary/aromatic N) is 4. The first-order chi connectivity index (χ1) is 13.1. The fourth-order valence-corrected chi connectivity index (χ4v) is 3.67. The van der Waals surface area contributed by atoms with Crippen molar-refractivity contribution in [1.82, 2.24) is 25.3 Å². The molecule has 3 aromatic rings. The van der Waals surface area contributed by atoms with E-state index in [1.165, 1.54) is 11.1 Å². The Morgan fingerprint density at radius 1 is 1.19 bits per heavy atom. The number of amides is 1. The number of thioether (sulfide) groups is 1. The molecule has 2 heterocycles. The smallest absolute Gasteiger partial charge is 0.254 e. The summed E-state index contributed by atoms with van der Waals surface area (Å²) in [6, 6.07) is 12.5. The highest BCUT2D eigenvalue weighted by Gasteiger charge is 2.25. The minimum absolute atomic E-state index is 0.0698. The Morgan fingerprint density at radius 2 is 2.00 bits per heavy atom. The largest absolute Gasteiger partial charge is 0.349 e. The second kappa shape index (κ2) is 7.52. The molecule has 27 heavy (non-hydrogen) atoms. The highest BCUT2D eigenvalue weighted by atomic mass is 32.2. The summed E-state index contributed by atoms with van der Waals surface area (Å²) in [5, 5.41) is 16.8. The number of aryl methyl sites for hydroxylation is 1. The minimum Gasteiger partial charge on any atom is -0.349 e. The van der Waals surface area contributed by atoms with Gasteiger partial charge in [0.15, 0.2) is 5.82 Å². The molecular formula is C20H21N5OS. The second-order valence-electron chi connectivity index (χ2n) is 6.75. The van der Waals surface area contributed by atoms with Gasteiger partial charge in [0.2, 0.25) is 0 Å². The van der Waals surface area contributed by atoms with Gasteiger partial charge in [0.05, 0.1) is 17.5 Å². The van der Waals surface area contributed by atoms with E-state index in [4.69, 9.17) is 0 Å². The number of hydrogen-bond acceptors (Lipinski definition) is 5. The third kappa shape index (κ3) is 4.03. The number of hydrogen-bond donors (Lipinski definition) is 1. The lowest BCUT2D eigenvalue weighted by Crippen LogP contribution is -2.25. The highest BCUT2D eigenvalue weighted by Crippen LogP contribution is 2.23. The summed E-state index contributed by atoms with van der Waals surface area (Å²) in [6.45, 7) is 3.99. The average molecular weight is 379 g/mol. The van der Waals surface area contributed by atoms with Gasteiger partial charge >= 0.3 is 0 Å². The molecule has 1 aliphatic carbocycles. The third-order valence-corrected chi connectivity index (χ3v) is 5.62. The molecule has 1 saturated carbocycles. The first-order valence-electron chi connectivity index (χ1n) is 8.98. The Morgan fingerprint density at radius 3 is 2.70 bits per heavy atom. The maximum absolute atomic E-state index is 12.3. The summed E-state index contributed by atoms with van der Waals surface area (Å²) < 4.78 is 1.66. The van der Waals surface area contributed by atoms with Crippen LogP contribution in [0.25, 0.3) is 5.82 Å². The lowest BCUT2D eigenvalue weighted by atomic mass is 10.1. The van der Waals surface area contributed by atoms with Gasteiger partial charge in [-0.15, -0.1) is 10.2 Å². The van der Waals surface area contributed by atoms with Gasteiger partial charge in [-0.2, -0.15) is 5.10 Å². The van der Waals surface area contributed by atoms with Crippen molar-refractivity contribution in [2.75, 3.05) is 0 Å². The van der Waals surface area contributed by atoms with E-state index in [1.807, 2.05) is 25.1 Å². The number of nitrogens with one attached hydrogen (secondary N) is 1. The minimum atomic E-state index is -0.0698. The normalized spacial score (nSPS) is 13.6. The Kier molecular flexibility index (Phi) is 4.94. The summed E-state index contributed by atoms with van der Waals surface area (Å²) >= 11 is 1.65. The molecule has 0 spiro atoms. The first kappa shape index (κ1) is 17.7. The van der Waals surface area contributed by atoms with Crippen LogP contribution in [0, 0.1) is 13.8 Å². The summed E-state index contributed by atoms with van der Waals surface area (Å²) in [5.74, 6) is 1.39. The Labute approximate surface area is 162 Å². The fraction of sp³-hybridized carbons (Fsp3) is 0.300. The van der Waals surface area contributed by atoms with E-state index in [0.717, 1.165) is 29.3 Å². The van der Waals surface area contributed by atoms with E-state index in [0.29, 0.717) is 17.4 Å². The van der Waals surface area contributed by atoms with E-state index in [9.17, 15) is 4.79 Å². The van der Waals surface area contributed by atoms with E-state index < -0.39 is 0 Å². The van der Waals surface area contributed by atoms with Crippen LogP contribution in [0.4, 0.5) is 0 Å². The van der Waals surface area contributed by atoms with Gasteiger partial charge in [0.1, 0.15) is 5.03 Å². The second-order valence-corrected chi connectivity index (χ2v) is 7.74.